The van der Waals surface area contributed by atoms with E-state index in [0.717, 1.165) is 0 Å². The molecule has 0 saturated carbocycles. The summed E-state index contributed by atoms with van der Waals surface area (Å²) < 4.78 is 9.53. The lowest BCUT2D eigenvalue weighted by atomic mass is 10.1. The van der Waals surface area contributed by atoms with Crippen LogP contribution in [0.5, 0.6) is 5.75 Å². The van der Waals surface area contributed by atoms with Gasteiger partial charge >= 0.3 is 5.97 Å². The van der Waals surface area contributed by atoms with Crippen LogP contribution >= 0.6 is 0 Å². The molecular weight excluding hydrogens is 236 g/mol. The lowest BCUT2D eigenvalue weighted by Gasteiger charge is -2.06. The van der Waals surface area contributed by atoms with Gasteiger partial charge in [-0.1, -0.05) is 12.1 Å². The van der Waals surface area contributed by atoms with Crippen LogP contribution in [0.25, 0.3) is 0 Å². The fourth-order valence-electron chi connectivity index (χ4n) is 1.40. The molecular formula is C13H14O5. The highest BCUT2D eigenvalue weighted by molar-refractivity contribution is 6.38. The molecule has 0 heterocycles. The molecule has 0 spiro atoms. The molecule has 96 valence electrons. The number of hydrogen-bond donors (Lipinski definition) is 0. The van der Waals surface area contributed by atoms with E-state index in [1.165, 1.54) is 7.11 Å². The summed E-state index contributed by atoms with van der Waals surface area (Å²) >= 11 is 0. The topological polar surface area (TPSA) is 69.7 Å². The van der Waals surface area contributed by atoms with Crippen LogP contribution in [0, 0.1) is 0 Å². The summed E-state index contributed by atoms with van der Waals surface area (Å²) in [5.41, 5.74) is 0.276. The molecule has 1 rings (SSSR count). The minimum Gasteiger partial charge on any atom is -0.496 e. The third-order valence-corrected chi connectivity index (χ3v) is 2.23. The Hall–Kier alpha value is -2.17. The standard InChI is InChI=1S/C13H14O5/c1-3-18-13(16)11(15)8-10(14)9-6-4-5-7-12(9)17-2/h4-7H,3,8H2,1-2H3. The number of hydrogen-bond acceptors (Lipinski definition) is 5. The average Bonchev–Trinajstić information content (AvgIpc) is 2.38. The maximum absolute atomic E-state index is 11.8. The van der Waals surface area contributed by atoms with Gasteiger partial charge in [0, 0.05) is 0 Å². The summed E-state index contributed by atoms with van der Waals surface area (Å²) in [6.45, 7) is 1.70. The van der Waals surface area contributed by atoms with Crippen LogP contribution in [-0.4, -0.2) is 31.3 Å². The number of Topliss-reactive ketones (excluding diaryl/α,β-unsaturated/α-hetero) is 2. The van der Waals surface area contributed by atoms with Crippen molar-refractivity contribution in [2.45, 2.75) is 13.3 Å². The zero-order valence-corrected chi connectivity index (χ0v) is 10.3. The molecule has 0 radical (unpaired) electrons. The number of rotatable bonds is 6. The second kappa shape index (κ2) is 6.54. The third-order valence-electron chi connectivity index (χ3n) is 2.23. The lowest BCUT2D eigenvalue weighted by Crippen LogP contribution is -2.20. The van der Waals surface area contributed by atoms with Gasteiger partial charge < -0.3 is 9.47 Å². The number of esters is 1. The van der Waals surface area contributed by atoms with Gasteiger partial charge in [-0.15, -0.1) is 0 Å². The van der Waals surface area contributed by atoms with Crippen LogP contribution in [0.2, 0.25) is 0 Å². The smallest absolute Gasteiger partial charge is 0.375 e. The summed E-state index contributed by atoms with van der Waals surface area (Å²) in [7, 11) is 1.43. The minimum absolute atomic E-state index is 0.105. The van der Waals surface area contributed by atoms with Crippen LogP contribution in [0.3, 0.4) is 0 Å². The van der Waals surface area contributed by atoms with Crippen LogP contribution in [-0.2, 0) is 14.3 Å². The highest BCUT2D eigenvalue weighted by Crippen LogP contribution is 2.19. The van der Waals surface area contributed by atoms with E-state index in [2.05, 4.69) is 4.74 Å². The molecule has 0 bridgehead atoms. The van der Waals surface area contributed by atoms with E-state index < -0.39 is 24.0 Å². The van der Waals surface area contributed by atoms with Gasteiger partial charge in [-0.25, -0.2) is 4.79 Å². The molecule has 0 aliphatic rings. The number of carbonyl (C=O) groups excluding carboxylic acids is 3. The molecule has 0 aliphatic carbocycles. The van der Waals surface area contributed by atoms with E-state index in [0.29, 0.717) is 5.75 Å². The van der Waals surface area contributed by atoms with Gasteiger partial charge in [0.15, 0.2) is 5.78 Å². The normalized spacial score (nSPS) is 9.67. The Morgan fingerprint density at radius 2 is 1.83 bits per heavy atom. The van der Waals surface area contributed by atoms with E-state index in [1.807, 2.05) is 0 Å². The van der Waals surface area contributed by atoms with Crippen LogP contribution in [0.4, 0.5) is 0 Å². The number of benzene rings is 1. The number of ketones is 2. The Bertz CT molecular complexity index is 464. The largest absolute Gasteiger partial charge is 0.496 e. The SMILES string of the molecule is CCOC(=O)C(=O)CC(=O)c1ccccc1OC. The van der Waals surface area contributed by atoms with Gasteiger partial charge in [-0.2, -0.15) is 0 Å². The Balaban J connectivity index is 2.77. The van der Waals surface area contributed by atoms with Crippen LogP contribution in [0.15, 0.2) is 24.3 Å². The van der Waals surface area contributed by atoms with E-state index in [1.54, 1.807) is 31.2 Å². The van der Waals surface area contributed by atoms with Gasteiger partial charge in [0.2, 0.25) is 5.78 Å². The molecule has 5 heteroatoms. The van der Waals surface area contributed by atoms with Crippen molar-refractivity contribution in [1.82, 2.24) is 0 Å². The summed E-state index contributed by atoms with van der Waals surface area (Å²) in [5, 5.41) is 0. The lowest BCUT2D eigenvalue weighted by molar-refractivity contribution is -0.153. The first-order valence-corrected chi connectivity index (χ1v) is 5.46. The second-order valence-corrected chi connectivity index (χ2v) is 3.44. The molecule has 0 amide bonds. The number of carbonyl (C=O) groups is 3. The predicted molar refractivity (Wildman–Crippen MR) is 63.6 cm³/mol. The number of ether oxygens (including phenoxy) is 2. The molecule has 0 atom stereocenters. The van der Waals surface area contributed by atoms with Crippen LogP contribution < -0.4 is 4.74 Å². The summed E-state index contributed by atoms with van der Waals surface area (Å²) in [4.78, 5) is 34.3. The predicted octanol–water partition coefficient (Wildman–Crippen LogP) is 1.40. The average molecular weight is 250 g/mol. The number of para-hydroxylation sites is 1. The zero-order valence-electron chi connectivity index (χ0n) is 10.3. The molecule has 5 nitrogen and oxygen atoms in total. The van der Waals surface area contributed by atoms with Crippen molar-refractivity contribution in [2.75, 3.05) is 13.7 Å². The molecule has 18 heavy (non-hydrogen) atoms. The Morgan fingerprint density at radius 3 is 2.44 bits per heavy atom. The minimum atomic E-state index is -0.985. The van der Waals surface area contributed by atoms with Gasteiger partial charge in [0.25, 0.3) is 0 Å². The quantitative estimate of drug-likeness (QED) is 0.330. The van der Waals surface area contributed by atoms with Gasteiger partial charge in [-0.05, 0) is 19.1 Å². The second-order valence-electron chi connectivity index (χ2n) is 3.44. The van der Waals surface area contributed by atoms with Gasteiger partial charge in [0.05, 0.1) is 25.7 Å². The first kappa shape index (κ1) is 13.9. The monoisotopic (exact) mass is 250 g/mol. The summed E-state index contributed by atoms with van der Waals surface area (Å²) in [6.07, 6.45) is -0.515. The Morgan fingerprint density at radius 1 is 1.17 bits per heavy atom. The molecule has 0 aliphatic heterocycles. The molecule has 0 N–H and O–H groups in total. The molecule has 1 aromatic rings. The van der Waals surface area contributed by atoms with E-state index in [4.69, 9.17) is 4.74 Å². The Kier molecular flexibility index (Phi) is 5.05. The highest BCUT2D eigenvalue weighted by Gasteiger charge is 2.21. The van der Waals surface area contributed by atoms with Crippen molar-refractivity contribution in [3.05, 3.63) is 29.8 Å². The highest BCUT2D eigenvalue weighted by atomic mass is 16.5. The first-order valence-electron chi connectivity index (χ1n) is 5.46. The van der Waals surface area contributed by atoms with Crippen molar-refractivity contribution in [1.29, 1.82) is 0 Å². The summed E-state index contributed by atoms with van der Waals surface area (Å²) in [6, 6.07) is 6.52. The molecule has 0 aromatic heterocycles. The maximum atomic E-state index is 11.8. The molecule has 0 fully saturated rings. The third kappa shape index (κ3) is 3.41. The zero-order chi connectivity index (χ0) is 13.5. The van der Waals surface area contributed by atoms with Crippen molar-refractivity contribution in [2.24, 2.45) is 0 Å². The van der Waals surface area contributed by atoms with Gasteiger partial charge in [-0.3, -0.25) is 9.59 Å². The van der Waals surface area contributed by atoms with E-state index >= 15 is 0 Å². The van der Waals surface area contributed by atoms with Crippen molar-refractivity contribution in [3.63, 3.8) is 0 Å². The summed E-state index contributed by atoms with van der Waals surface area (Å²) in [5.74, 6) is -1.93. The Labute approximate surface area is 105 Å². The van der Waals surface area contributed by atoms with Crippen molar-refractivity contribution >= 4 is 17.5 Å². The van der Waals surface area contributed by atoms with Crippen LogP contribution in [0.1, 0.15) is 23.7 Å². The van der Waals surface area contributed by atoms with E-state index in [9.17, 15) is 14.4 Å². The fourth-order valence-corrected chi connectivity index (χ4v) is 1.40. The molecule has 1 aromatic carbocycles. The number of methoxy groups -OCH3 is 1. The maximum Gasteiger partial charge on any atom is 0.375 e. The van der Waals surface area contributed by atoms with E-state index in [-0.39, 0.29) is 12.2 Å². The molecule has 0 unspecified atom stereocenters. The fraction of sp³-hybridized carbons (Fsp3) is 0.308. The van der Waals surface area contributed by atoms with Crippen molar-refractivity contribution in [3.8, 4) is 5.75 Å². The molecule has 0 saturated heterocycles. The van der Waals surface area contributed by atoms with Gasteiger partial charge in [0.1, 0.15) is 5.75 Å². The first-order chi connectivity index (χ1) is 8.60. The van der Waals surface area contributed by atoms with Crippen molar-refractivity contribution < 1.29 is 23.9 Å².